The fourth-order valence-electron chi connectivity index (χ4n) is 2.49. The molecule has 22 heavy (non-hydrogen) atoms. The summed E-state index contributed by atoms with van der Waals surface area (Å²) < 4.78 is 31.7. The van der Waals surface area contributed by atoms with Gasteiger partial charge in [-0.1, -0.05) is 24.3 Å². The molecule has 0 heterocycles. The number of phenolic OH excluding ortho intramolecular Hbond substituents is 1. The zero-order chi connectivity index (χ0) is 16.2. The van der Waals surface area contributed by atoms with Crippen LogP contribution < -0.4 is 5.73 Å². The number of ketones is 2. The smallest absolute Gasteiger partial charge is 0.296 e. The van der Waals surface area contributed by atoms with Gasteiger partial charge in [0.15, 0.2) is 11.6 Å². The normalized spacial score (nSPS) is 13.7. The van der Waals surface area contributed by atoms with Gasteiger partial charge in [0.2, 0.25) is 0 Å². The summed E-state index contributed by atoms with van der Waals surface area (Å²) >= 11 is 0. The molecule has 8 heteroatoms. The molecule has 1 aliphatic carbocycles. The van der Waals surface area contributed by atoms with Gasteiger partial charge in [0, 0.05) is 17.2 Å². The second kappa shape index (κ2) is 4.39. The van der Waals surface area contributed by atoms with Crippen LogP contribution in [-0.2, 0) is 10.1 Å². The van der Waals surface area contributed by atoms with Crippen LogP contribution in [0.25, 0.3) is 0 Å². The summed E-state index contributed by atoms with van der Waals surface area (Å²) in [7, 11) is -4.76. The van der Waals surface area contributed by atoms with Gasteiger partial charge in [-0.05, 0) is 0 Å². The topological polar surface area (TPSA) is 135 Å². The minimum Gasteiger partial charge on any atom is -0.507 e. The van der Waals surface area contributed by atoms with Crippen LogP contribution in [-0.4, -0.2) is 29.6 Å². The molecule has 0 saturated carbocycles. The van der Waals surface area contributed by atoms with E-state index in [4.69, 9.17) is 10.3 Å². The Morgan fingerprint density at radius 1 is 0.955 bits per heavy atom. The highest BCUT2D eigenvalue weighted by Gasteiger charge is 2.36. The zero-order valence-electron chi connectivity index (χ0n) is 10.9. The third kappa shape index (κ3) is 1.81. The first-order chi connectivity index (χ1) is 10.2. The van der Waals surface area contributed by atoms with Crippen LogP contribution in [0.2, 0.25) is 0 Å². The van der Waals surface area contributed by atoms with E-state index in [0.717, 1.165) is 0 Å². The number of phenols is 1. The molecular formula is C14H9NO6S. The van der Waals surface area contributed by atoms with E-state index in [-0.39, 0.29) is 16.7 Å². The molecule has 2 aromatic rings. The Morgan fingerprint density at radius 2 is 1.45 bits per heavy atom. The number of anilines is 1. The molecule has 0 aliphatic heterocycles. The maximum absolute atomic E-state index is 12.5. The van der Waals surface area contributed by atoms with Gasteiger partial charge in [0.25, 0.3) is 10.1 Å². The highest BCUT2D eigenvalue weighted by Crippen LogP contribution is 2.39. The number of hydrogen-bond donors (Lipinski definition) is 3. The van der Waals surface area contributed by atoms with E-state index in [9.17, 15) is 23.1 Å². The SMILES string of the molecule is Nc1c(S(=O)(=O)O)cc(O)c2c1C(=O)c1ccccc1C2=O. The number of fused-ring (bicyclic) bond motifs is 2. The Labute approximate surface area is 124 Å². The molecule has 0 radical (unpaired) electrons. The molecule has 0 atom stereocenters. The molecule has 0 spiro atoms. The third-order valence-electron chi connectivity index (χ3n) is 3.46. The van der Waals surface area contributed by atoms with Crippen LogP contribution >= 0.6 is 0 Å². The molecular weight excluding hydrogens is 310 g/mol. The monoisotopic (exact) mass is 319 g/mol. The van der Waals surface area contributed by atoms with Crippen molar-refractivity contribution in [3.05, 3.63) is 52.6 Å². The quantitative estimate of drug-likeness (QED) is 0.346. The van der Waals surface area contributed by atoms with Gasteiger partial charge in [-0.25, -0.2) is 0 Å². The first-order valence-corrected chi connectivity index (χ1v) is 7.49. The van der Waals surface area contributed by atoms with Crippen LogP contribution in [0.1, 0.15) is 31.8 Å². The Morgan fingerprint density at radius 3 is 1.95 bits per heavy atom. The fourth-order valence-corrected chi connectivity index (χ4v) is 3.13. The predicted molar refractivity (Wildman–Crippen MR) is 75.6 cm³/mol. The standard InChI is InChI=1S/C14H9NO6S/c15-12-9(22(19,20)21)5-8(16)10-11(12)14(18)7-4-2-1-3-6(7)13(10)17/h1-5,16H,15H2,(H,19,20,21). The summed E-state index contributed by atoms with van der Waals surface area (Å²) in [5, 5.41) is 9.93. The van der Waals surface area contributed by atoms with Crippen LogP contribution in [0.3, 0.4) is 0 Å². The number of hydrogen-bond acceptors (Lipinski definition) is 6. The average molecular weight is 319 g/mol. The lowest BCUT2D eigenvalue weighted by atomic mass is 9.83. The minimum atomic E-state index is -4.76. The summed E-state index contributed by atoms with van der Waals surface area (Å²) in [6.07, 6.45) is 0. The van der Waals surface area contributed by atoms with Gasteiger partial charge in [-0.2, -0.15) is 8.42 Å². The maximum Gasteiger partial charge on any atom is 0.296 e. The molecule has 4 N–H and O–H groups in total. The second-order valence-corrected chi connectivity index (χ2v) is 6.13. The van der Waals surface area contributed by atoms with E-state index in [1.807, 2.05) is 0 Å². The Balaban J connectivity index is 2.44. The first-order valence-electron chi connectivity index (χ1n) is 6.05. The highest BCUT2D eigenvalue weighted by molar-refractivity contribution is 7.86. The molecule has 0 aromatic heterocycles. The molecule has 0 bridgehead atoms. The Bertz CT molecular complexity index is 962. The molecule has 0 unspecified atom stereocenters. The van der Waals surface area contributed by atoms with E-state index in [1.54, 1.807) is 6.07 Å². The van der Waals surface area contributed by atoms with Crippen molar-refractivity contribution in [1.29, 1.82) is 0 Å². The number of nitrogen functional groups attached to an aromatic ring is 1. The van der Waals surface area contributed by atoms with Crippen LogP contribution in [0.4, 0.5) is 5.69 Å². The number of benzene rings is 2. The number of carbonyl (C=O) groups excluding carboxylic acids is 2. The van der Waals surface area contributed by atoms with Gasteiger partial charge >= 0.3 is 0 Å². The Kier molecular flexibility index (Phi) is 2.84. The lowest BCUT2D eigenvalue weighted by molar-refractivity contribution is 0.0977. The van der Waals surface area contributed by atoms with Crippen molar-refractivity contribution in [2.75, 3.05) is 5.73 Å². The highest BCUT2D eigenvalue weighted by atomic mass is 32.2. The number of rotatable bonds is 1. The van der Waals surface area contributed by atoms with Gasteiger partial charge in [-0.3, -0.25) is 14.1 Å². The van der Waals surface area contributed by atoms with Crippen molar-refractivity contribution >= 4 is 27.4 Å². The van der Waals surface area contributed by atoms with Crippen molar-refractivity contribution in [3.63, 3.8) is 0 Å². The first kappa shape index (κ1) is 14.2. The lowest BCUT2D eigenvalue weighted by Crippen LogP contribution is -2.23. The summed E-state index contributed by atoms with van der Waals surface area (Å²) in [5.74, 6) is -2.07. The molecule has 3 rings (SSSR count). The van der Waals surface area contributed by atoms with Gasteiger partial charge in [-0.15, -0.1) is 0 Å². The largest absolute Gasteiger partial charge is 0.507 e. The van der Waals surface area contributed by atoms with Crippen molar-refractivity contribution < 1.29 is 27.7 Å². The van der Waals surface area contributed by atoms with Gasteiger partial charge < -0.3 is 10.8 Å². The molecule has 112 valence electrons. The van der Waals surface area contributed by atoms with E-state index >= 15 is 0 Å². The Hall–Kier alpha value is -2.71. The summed E-state index contributed by atoms with van der Waals surface area (Å²) in [6, 6.07) is 6.57. The summed E-state index contributed by atoms with van der Waals surface area (Å²) in [5.41, 5.74) is 4.44. The number of nitrogens with two attached hydrogens (primary N) is 1. The molecule has 0 saturated heterocycles. The van der Waals surface area contributed by atoms with Gasteiger partial charge in [0.05, 0.1) is 16.8 Å². The van der Waals surface area contributed by atoms with E-state index in [2.05, 4.69) is 0 Å². The van der Waals surface area contributed by atoms with Crippen molar-refractivity contribution in [1.82, 2.24) is 0 Å². The average Bonchev–Trinajstić information content (AvgIpc) is 2.45. The third-order valence-corrected chi connectivity index (χ3v) is 4.35. The summed E-state index contributed by atoms with van der Waals surface area (Å²) in [4.78, 5) is 24.1. The second-order valence-electron chi connectivity index (χ2n) is 4.74. The number of aromatic hydroxyl groups is 1. The molecule has 0 fully saturated rings. The van der Waals surface area contributed by atoms with E-state index in [0.29, 0.717) is 6.07 Å². The van der Waals surface area contributed by atoms with Crippen LogP contribution in [0.5, 0.6) is 5.75 Å². The van der Waals surface area contributed by atoms with E-state index < -0.39 is 43.6 Å². The predicted octanol–water partition coefficient (Wildman–Crippen LogP) is 0.997. The minimum absolute atomic E-state index is 0.0542. The van der Waals surface area contributed by atoms with Crippen molar-refractivity contribution in [2.45, 2.75) is 4.90 Å². The van der Waals surface area contributed by atoms with Crippen LogP contribution in [0.15, 0.2) is 35.2 Å². The maximum atomic E-state index is 12.5. The molecule has 2 aromatic carbocycles. The van der Waals surface area contributed by atoms with Crippen molar-refractivity contribution in [3.8, 4) is 5.75 Å². The van der Waals surface area contributed by atoms with Crippen LogP contribution in [0, 0.1) is 0 Å². The molecule has 1 aliphatic rings. The zero-order valence-corrected chi connectivity index (χ0v) is 11.7. The molecule has 0 amide bonds. The van der Waals surface area contributed by atoms with Gasteiger partial charge in [0.1, 0.15) is 10.6 Å². The van der Waals surface area contributed by atoms with Crippen molar-refractivity contribution in [2.24, 2.45) is 0 Å². The fraction of sp³-hybridized carbons (Fsp3) is 0. The lowest BCUT2D eigenvalue weighted by Gasteiger charge is -2.20. The summed E-state index contributed by atoms with van der Waals surface area (Å²) in [6.45, 7) is 0. The van der Waals surface area contributed by atoms with E-state index in [1.165, 1.54) is 18.2 Å². The number of carbonyl (C=O) groups is 2. The molecule has 7 nitrogen and oxygen atoms in total.